The van der Waals surface area contributed by atoms with Gasteiger partial charge in [-0.25, -0.2) is 0 Å². The molecule has 0 aliphatic carbocycles. The number of furan rings is 1. The molecule has 4 rings (SSSR count). The smallest absolute Gasteiger partial charge is 0.251 e. The number of hydrogen-bond donors (Lipinski definition) is 1. The molecule has 5 nitrogen and oxygen atoms in total. The van der Waals surface area contributed by atoms with E-state index in [1.54, 1.807) is 6.26 Å². The first-order valence-electron chi connectivity index (χ1n) is 11.0. The van der Waals surface area contributed by atoms with Crippen LogP contribution < -0.4 is 10.2 Å². The van der Waals surface area contributed by atoms with E-state index in [0.717, 1.165) is 43.8 Å². The van der Waals surface area contributed by atoms with E-state index in [0.29, 0.717) is 11.6 Å². The predicted molar refractivity (Wildman–Crippen MR) is 124 cm³/mol. The Morgan fingerprint density at radius 3 is 2.42 bits per heavy atom. The molecule has 1 aliphatic heterocycles. The zero-order valence-corrected chi connectivity index (χ0v) is 18.3. The van der Waals surface area contributed by atoms with E-state index in [4.69, 9.17) is 4.42 Å². The van der Waals surface area contributed by atoms with Gasteiger partial charge in [0, 0.05) is 30.4 Å². The van der Waals surface area contributed by atoms with Crippen LogP contribution in [0.5, 0.6) is 0 Å². The number of nitrogens with one attached hydrogen (secondary N) is 1. The third-order valence-corrected chi connectivity index (χ3v) is 6.21. The number of carbonyl (C=O) groups excluding carboxylic acids is 1. The Morgan fingerprint density at radius 1 is 1.06 bits per heavy atom. The van der Waals surface area contributed by atoms with Crippen LogP contribution in [-0.4, -0.2) is 37.0 Å². The first kappa shape index (κ1) is 21.2. The summed E-state index contributed by atoms with van der Waals surface area (Å²) in [5, 5.41) is 3.08. The summed E-state index contributed by atoms with van der Waals surface area (Å²) >= 11 is 0. The molecule has 1 atom stereocenters. The predicted octanol–water partition coefficient (Wildman–Crippen LogP) is 4.87. The molecular formula is C26H31N3O2. The maximum atomic E-state index is 12.6. The van der Waals surface area contributed by atoms with Crippen molar-refractivity contribution in [3.05, 3.63) is 89.9 Å². The van der Waals surface area contributed by atoms with Crippen molar-refractivity contribution in [2.24, 2.45) is 0 Å². The molecule has 0 saturated carbocycles. The quantitative estimate of drug-likeness (QED) is 0.596. The summed E-state index contributed by atoms with van der Waals surface area (Å²) in [7, 11) is 2.17. The lowest BCUT2D eigenvalue weighted by atomic mass is 10.0. The van der Waals surface area contributed by atoms with Crippen molar-refractivity contribution in [3.63, 3.8) is 0 Å². The first-order valence-corrected chi connectivity index (χ1v) is 11.0. The molecule has 1 N–H and O–H groups in total. The maximum Gasteiger partial charge on any atom is 0.251 e. The third-order valence-electron chi connectivity index (χ3n) is 6.21. The van der Waals surface area contributed by atoms with E-state index in [1.807, 2.05) is 61.5 Å². The first-order chi connectivity index (χ1) is 15.1. The molecule has 2 heterocycles. The van der Waals surface area contributed by atoms with Crippen molar-refractivity contribution in [3.8, 4) is 0 Å². The fraction of sp³-hybridized carbons (Fsp3) is 0.346. The fourth-order valence-corrected chi connectivity index (χ4v) is 4.27. The van der Waals surface area contributed by atoms with Gasteiger partial charge in [-0.1, -0.05) is 30.3 Å². The highest BCUT2D eigenvalue weighted by atomic mass is 16.3. The van der Waals surface area contributed by atoms with E-state index in [1.165, 1.54) is 5.69 Å². The Morgan fingerprint density at radius 2 is 1.77 bits per heavy atom. The van der Waals surface area contributed by atoms with Crippen LogP contribution in [0.1, 0.15) is 47.5 Å². The largest absolute Gasteiger partial charge is 0.468 e. The van der Waals surface area contributed by atoms with Gasteiger partial charge in [0.15, 0.2) is 0 Å². The van der Waals surface area contributed by atoms with E-state index in [-0.39, 0.29) is 11.9 Å². The zero-order valence-electron chi connectivity index (χ0n) is 18.3. The Balaban J connectivity index is 1.29. The van der Waals surface area contributed by atoms with Crippen LogP contribution in [0.3, 0.4) is 0 Å². The molecule has 1 amide bonds. The van der Waals surface area contributed by atoms with Crippen LogP contribution in [0, 0.1) is 0 Å². The highest BCUT2D eigenvalue weighted by molar-refractivity contribution is 5.94. The number of benzene rings is 2. The van der Waals surface area contributed by atoms with E-state index < -0.39 is 0 Å². The fourth-order valence-electron chi connectivity index (χ4n) is 4.27. The van der Waals surface area contributed by atoms with E-state index in [9.17, 15) is 4.79 Å². The van der Waals surface area contributed by atoms with Crippen LogP contribution in [0.15, 0.2) is 77.4 Å². The second kappa shape index (κ2) is 9.84. The molecule has 2 aromatic carbocycles. The number of piperidine rings is 1. The van der Waals surface area contributed by atoms with Gasteiger partial charge in [-0.3, -0.25) is 9.69 Å². The van der Waals surface area contributed by atoms with Crippen molar-refractivity contribution in [1.29, 1.82) is 0 Å². The zero-order chi connectivity index (χ0) is 21.6. The van der Waals surface area contributed by atoms with Gasteiger partial charge in [-0.15, -0.1) is 0 Å². The highest BCUT2D eigenvalue weighted by Crippen LogP contribution is 2.24. The summed E-state index contributed by atoms with van der Waals surface area (Å²) in [6, 6.07) is 22.5. The number of amides is 1. The summed E-state index contributed by atoms with van der Waals surface area (Å²) in [5.74, 6) is 0.974. The van der Waals surface area contributed by atoms with E-state index >= 15 is 0 Å². The van der Waals surface area contributed by atoms with Crippen LogP contribution in [0.4, 0.5) is 5.69 Å². The molecular weight excluding hydrogens is 386 g/mol. The lowest BCUT2D eigenvalue weighted by molar-refractivity contribution is 0.0940. The van der Waals surface area contributed by atoms with Crippen molar-refractivity contribution in [2.75, 3.05) is 25.0 Å². The number of rotatable bonds is 7. The van der Waals surface area contributed by atoms with Gasteiger partial charge < -0.3 is 14.6 Å². The highest BCUT2D eigenvalue weighted by Gasteiger charge is 2.23. The van der Waals surface area contributed by atoms with Crippen molar-refractivity contribution in [2.45, 2.75) is 38.4 Å². The minimum atomic E-state index is -0.0406. The molecule has 31 heavy (non-hydrogen) atoms. The maximum absolute atomic E-state index is 12.6. The molecule has 1 saturated heterocycles. The number of anilines is 1. The van der Waals surface area contributed by atoms with Crippen LogP contribution >= 0.6 is 0 Å². The Labute approximate surface area is 184 Å². The topological polar surface area (TPSA) is 48.7 Å². The lowest BCUT2D eigenvalue weighted by Crippen LogP contribution is -2.43. The van der Waals surface area contributed by atoms with Crippen LogP contribution in [0.25, 0.3) is 0 Å². The van der Waals surface area contributed by atoms with Crippen molar-refractivity contribution >= 4 is 11.6 Å². The second-order valence-electron chi connectivity index (χ2n) is 8.37. The van der Waals surface area contributed by atoms with Crippen molar-refractivity contribution in [1.82, 2.24) is 10.2 Å². The standard InChI is InChI=1S/C26H31N3O2/c1-20(21-7-4-3-5-8-21)27-26(30)22-10-12-24(13-11-22)29-16-14-23(15-17-29)28(2)19-25-9-6-18-31-25/h3-13,18,20,23H,14-17,19H2,1-2H3,(H,27,30)/t20-/m0/s1. The summed E-state index contributed by atoms with van der Waals surface area (Å²) < 4.78 is 5.48. The molecule has 0 unspecified atom stereocenters. The van der Waals surface area contributed by atoms with Crippen LogP contribution in [0.2, 0.25) is 0 Å². The van der Waals surface area contributed by atoms with E-state index in [2.05, 4.69) is 34.3 Å². The summed E-state index contributed by atoms with van der Waals surface area (Å²) in [6.07, 6.45) is 3.97. The molecule has 0 spiro atoms. The Kier molecular flexibility index (Phi) is 6.73. The second-order valence-corrected chi connectivity index (χ2v) is 8.37. The average molecular weight is 418 g/mol. The number of carbonyl (C=O) groups is 1. The number of nitrogens with zero attached hydrogens (tertiary/aromatic N) is 2. The SMILES string of the molecule is C[C@H](NC(=O)c1ccc(N2CCC(N(C)Cc3ccco3)CC2)cc1)c1ccccc1. The van der Waals surface area contributed by atoms with Gasteiger partial charge in [0.05, 0.1) is 18.8 Å². The van der Waals surface area contributed by atoms with Crippen molar-refractivity contribution < 1.29 is 9.21 Å². The molecule has 1 fully saturated rings. The summed E-state index contributed by atoms with van der Waals surface area (Å²) in [6.45, 7) is 4.89. The Bertz CT molecular complexity index is 946. The molecule has 0 radical (unpaired) electrons. The summed E-state index contributed by atoms with van der Waals surface area (Å²) in [5.41, 5.74) is 2.98. The van der Waals surface area contributed by atoms with Gasteiger partial charge in [0.1, 0.15) is 5.76 Å². The van der Waals surface area contributed by atoms with Gasteiger partial charge in [0.2, 0.25) is 0 Å². The summed E-state index contributed by atoms with van der Waals surface area (Å²) in [4.78, 5) is 17.4. The molecule has 0 bridgehead atoms. The molecule has 1 aromatic heterocycles. The number of hydrogen-bond acceptors (Lipinski definition) is 4. The molecule has 1 aliphatic rings. The van der Waals surface area contributed by atoms with Gasteiger partial charge >= 0.3 is 0 Å². The van der Waals surface area contributed by atoms with Crippen LogP contribution in [-0.2, 0) is 6.54 Å². The van der Waals surface area contributed by atoms with Gasteiger partial charge in [-0.2, -0.15) is 0 Å². The lowest BCUT2D eigenvalue weighted by Gasteiger charge is -2.37. The van der Waals surface area contributed by atoms with Gasteiger partial charge in [-0.05, 0) is 68.8 Å². The monoisotopic (exact) mass is 417 g/mol. The average Bonchev–Trinajstić information content (AvgIpc) is 3.33. The minimum absolute atomic E-state index is 0.0226. The van der Waals surface area contributed by atoms with Gasteiger partial charge in [0.25, 0.3) is 5.91 Å². The minimum Gasteiger partial charge on any atom is -0.468 e. The third kappa shape index (κ3) is 5.36. The normalized spacial score (nSPS) is 15.8. The molecule has 162 valence electrons. The molecule has 5 heteroatoms. The molecule has 3 aromatic rings. The Hall–Kier alpha value is -3.05.